The van der Waals surface area contributed by atoms with Crippen LogP contribution in [-0.2, 0) is 11.2 Å². The Labute approximate surface area is 142 Å². The lowest BCUT2D eigenvalue weighted by Crippen LogP contribution is -2.37. The van der Waals surface area contributed by atoms with Gasteiger partial charge in [0, 0.05) is 11.7 Å². The minimum atomic E-state index is -0.200. The number of aryl methyl sites for hydroxylation is 1. The van der Waals surface area contributed by atoms with E-state index in [1.54, 1.807) is 12.1 Å². The highest BCUT2D eigenvalue weighted by Crippen LogP contribution is 2.21. The molecular formula is C20H23FN2O. The van der Waals surface area contributed by atoms with Gasteiger partial charge >= 0.3 is 0 Å². The summed E-state index contributed by atoms with van der Waals surface area (Å²) in [6.45, 7) is 3.32. The van der Waals surface area contributed by atoms with Crippen molar-refractivity contribution in [2.45, 2.75) is 32.2 Å². The lowest BCUT2D eigenvalue weighted by Gasteiger charge is -2.24. The number of likely N-dealkylation sites (tertiary alicyclic amines) is 1. The molecule has 1 heterocycles. The molecule has 1 aliphatic rings. The van der Waals surface area contributed by atoms with Crippen molar-refractivity contribution in [1.29, 1.82) is 0 Å². The summed E-state index contributed by atoms with van der Waals surface area (Å²) in [4.78, 5) is 14.5. The topological polar surface area (TPSA) is 32.3 Å². The van der Waals surface area contributed by atoms with E-state index in [1.165, 1.54) is 11.6 Å². The van der Waals surface area contributed by atoms with Crippen molar-refractivity contribution in [3.63, 3.8) is 0 Å². The number of carbonyl (C=O) groups is 1. The summed E-state index contributed by atoms with van der Waals surface area (Å²) in [7, 11) is 0. The second kappa shape index (κ2) is 7.58. The zero-order chi connectivity index (χ0) is 16.9. The number of hydrogen-bond donors (Lipinski definition) is 1. The number of amides is 1. The van der Waals surface area contributed by atoms with Gasteiger partial charge in [0.1, 0.15) is 5.82 Å². The minimum absolute atomic E-state index is 0.00463. The largest absolute Gasteiger partial charge is 0.325 e. The number of nitrogens with zero attached hydrogens (tertiary/aromatic N) is 1. The molecule has 1 saturated heterocycles. The van der Waals surface area contributed by atoms with E-state index in [0.717, 1.165) is 37.1 Å². The normalized spacial score (nSPS) is 17.8. The number of anilines is 1. The Morgan fingerprint density at radius 3 is 2.79 bits per heavy atom. The molecule has 1 N–H and O–H groups in total. The minimum Gasteiger partial charge on any atom is -0.325 e. The van der Waals surface area contributed by atoms with Crippen molar-refractivity contribution < 1.29 is 9.18 Å². The average Bonchev–Trinajstić information content (AvgIpc) is 2.96. The van der Waals surface area contributed by atoms with Gasteiger partial charge in [0.2, 0.25) is 5.91 Å². The molecule has 2 aromatic rings. The molecule has 24 heavy (non-hydrogen) atoms. The van der Waals surface area contributed by atoms with E-state index in [9.17, 15) is 9.18 Å². The number of hydrogen-bond acceptors (Lipinski definition) is 2. The molecule has 126 valence electrons. The third kappa shape index (κ3) is 4.42. The maximum Gasteiger partial charge on any atom is 0.238 e. The molecule has 1 unspecified atom stereocenters. The Morgan fingerprint density at radius 2 is 2.04 bits per heavy atom. The predicted octanol–water partition coefficient (Wildman–Crippen LogP) is 3.78. The van der Waals surface area contributed by atoms with Crippen molar-refractivity contribution >= 4 is 11.6 Å². The van der Waals surface area contributed by atoms with Gasteiger partial charge in [0.25, 0.3) is 0 Å². The van der Waals surface area contributed by atoms with E-state index in [-0.39, 0.29) is 11.7 Å². The quantitative estimate of drug-likeness (QED) is 0.907. The molecule has 0 aromatic heterocycles. The molecule has 3 nitrogen and oxygen atoms in total. The maximum absolute atomic E-state index is 13.3. The van der Waals surface area contributed by atoms with Gasteiger partial charge in [-0.2, -0.15) is 0 Å². The Balaban J connectivity index is 1.57. The monoisotopic (exact) mass is 326 g/mol. The second-order valence-corrected chi connectivity index (χ2v) is 6.51. The zero-order valence-electron chi connectivity index (χ0n) is 14.0. The van der Waals surface area contributed by atoms with E-state index in [1.807, 2.05) is 37.3 Å². The summed E-state index contributed by atoms with van der Waals surface area (Å²) < 4.78 is 13.3. The lowest BCUT2D eigenvalue weighted by atomic mass is 10.0. The van der Waals surface area contributed by atoms with Crippen LogP contribution in [0.5, 0.6) is 0 Å². The number of halogens is 1. The molecule has 4 heteroatoms. The van der Waals surface area contributed by atoms with Crippen LogP contribution in [0.1, 0.15) is 24.0 Å². The van der Waals surface area contributed by atoms with Crippen molar-refractivity contribution in [2.24, 2.45) is 0 Å². The van der Waals surface area contributed by atoms with Gasteiger partial charge in [-0.15, -0.1) is 0 Å². The molecule has 3 rings (SSSR count). The molecule has 1 aliphatic heterocycles. The number of benzene rings is 2. The van der Waals surface area contributed by atoms with Crippen molar-refractivity contribution in [3.8, 4) is 0 Å². The van der Waals surface area contributed by atoms with Gasteiger partial charge in [-0.05, 0) is 62.6 Å². The fourth-order valence-electron chi connectivity index (χ4n) is 3.29. The number of rotatable bonds is 5. The molecule has 0 aliphatic carbocycles. The van der Waals surface area contributed by atoms with Gasteiger partial charge < -0.3 is 5.32 Å². The Bertz CT molecular complexity index is 699. The highest BCUT2D eigenvalue weighted by atomic mass is 19.1. The summed E-state index contributed by atoms with van der Waals surface area (Å²) in [6.07, 6.45) is 2.92. The fourth-order valence-corrected chi connectivity index (χ4v) is 3.29. The first kappa shape index (κ1) is 16.7. The summed E-state index contributed by atoms with van der Waals surface area (Å²) in [6, 6.07) is 14.9. The Morgan fingerprint density at radius 1 is 1.25 bits per heavy atom. The first-order valence-corrected chi connectivity index (χ1v) is 8.45. The van der Waals surface area contributed by atoms with Crippen LogP contribution < -0.4 is 5.32 Å². The highest BCUT2D eigenvalue weighted by molar-refractivity contribution is 5.92. The van der Waals surface area contributed by atoms with E-state index in [0.29, 0.717) is 12.6 Å². The van der Waals surface area contributed by atoms with Crippen LogP contribution in [0.4, 0.5) is 10.1 Å². The molecule has 0 radical (unpaired) electrons. The smallest absolute Gasteiger partial charge is 0.238 e. The van der Waals surface area contributed by atoms with Crippen molar-refractivity contribution in [1.82, 2.24) is 4.90 Å². The van der Waals surface area contributed by atoms with Crippen LogP contribution in [0.25, 0.3) is 0 Å². The van der Waals surface area contributed by atoms with E-state index < -0.39 is 0 Å². The molecule has 1 fully saturated rings. The van der Waals surface area contributed by atoms with E-state index >= 15 is 0 Å². The molecule has 0 saturated carbocycles. The molecular weight excluding hydrogens is 303 g/mol. The van der Waals surface area contributed by atoms with E-state index in [4.69, 9.17) is 0 Å². The predicted molar refractivity (Wildman–Crippen MR) is 94.5 cm³/mol. The second-order valence-electron chi connectivity index (χ2n) is 6.51. The standard InChI is InChI=1S/C20H23FN2O/c1-15-7-9-18(10-8-15)22-20(24)14-23-11-3-6-19(23)13-16-4-2-5-17(21)12-16/h2,4-5,7-10,12,19H,3,6,11,13-14H2,1H3,(H,22,24). The van der Waals surface area contributed by atoms with Gasteiger partial charge in [0.05, 0.1) is 6.54 Å². The summed E-state index contributed by atoms with van der Waals surface area (Å²) in [5.41, 5.74) is 2.99. The van der Waals surface area contributed by atoms with Crippen LogP contribution in [0.3, 0.4) is 0 Å². The van der Waals surface area contributed by atoms with Crippen LogP contribution in [0.2, 0.25) is 0 Å². The summed E-state index contributed by atoms with van der Waals surface area (Å²) in [5.74, 6) is -0.195. The Kier molecular flexibility index (Phi) is 5.26. The molecule has 0 bridgehead atoms. The lowest BCUT2D eigenvalue weighted by molar-refractivity contribution is -0.117. The van der Waals surface area contributed by atoms with Crippen LogP contribution in [0, 0.1) is 12.7 Å². The average molecular weight is 326 g/mol. The van der Waals surface area contributed by atoms with Crippen LogP contribution >= 0.6 is 0 Å². The fraction of sp³-hybridized carbons (Fsp3) is 0.350. The van der Waals surface area contributed by atoms with Crippen LogP contribution in [-0.4, -0.2) is 29.9 Å². The summed E-state index contributed by atoms with van der Waals surface area (Å²) >= 11 is 0. The zero-order valence-corrected chi connectivity index (χ0v) is 14.0. The number of nitrogens with one attached hydrogen (secondary N) is 1. The first-order chi connectivity index (χ1) is 11.6. The summed E-state index contributed by atoms with van der Waals surface area (Å²) in [5, 5.41) is 2.95. The SMILES string of the molecule is Cc1ccc(NC(=O)CN2CCCC2Cc2cccc(F)c2)cc1. The van der Waals surface area contributed by atoms with E-state index in [2.05, 4.69) is 10.2 Å². The van der Waals surface area contributed by atoms with Crippen LogP contribution in [0.15, 0.2) is 48.5 Å². The van der Waals surface area contributed by atoms with Gasteiger partial charge in [-0.1, -0.05) is 29.8 Å². The molecule has 1 atom stereocenters. The molecule has 1 amide bonds. The van der Waals surface area contributed by atoms with Crippen molar-refractivity contribution in [3.05, 3.63) is 65.5 Å². The Hall–Kier alpha value is -2.20. The maximum atomic E-state index is 13.3. The highest BCUT2D eigenvalue weighted by Gasteiger charge is 2.26. The number of carbonyl (C=O) groups excluding carboxylic acids is 1. The molecule has 2 aromatic carbocycles. The first-order valence-electron chi connectivity index (χ1n) is 8.45. The van der Waals surface area contributed by atoms with Gasteiger partial charge in [-0.25, -0.2) is 4.39 Å². The third-order valence-corrected chi connectivity index (χ3v) is 4.54. The molecule has 0 spiro atoms. The third-order valence-electron chi connectivity index (χ3n) is 4.54. The van der Waals surface area contributed by atoms with Gasteiger partial charge in [0.15, 0.2) is 0 Å². The van der Waals surface area contributed by atoms with Crippen molar-refractivity contribution in [2.75, 3.05) is 18.4 Å². The van der Waals surface area contributed by atoms with Gasteiger partial charge in [-0.3, -0.25) is 9.69 Å².